The van der Waals surface area contributed by atoms with Gasteiger partial charge in [-0.2, -0.15) is 0 Å². The van der Waals surface area contributed by atoms with Crippen LogP contribution in [0.4, 0.5) is 0 Å². The molecule has 0 radical (unpaired) electrons. The fraction of sp³-hybridized carbons (Fsp3) is 0.611. The maximum absolute atomic E-state index is 13.0. The summed E-state index contributed by atoms with van der Waals surface area (Å²) in [5.41, 5.74) is 0.346. The van der Waals surface area contributed by atoms with E-state index in [-0.39, 0.29) is 34.7 Å². The van der Waals surface area contributed by atoms with E-state index >= 15 is 0 Å². The normalized spacial score (nSPS) is 21.9. The SMILES string of the molecule is COc1ccc(C(=O)N2CCN(C)[C@@H](C)[C@H]2C)cc1S(=O)(=O)NC(C)C. The Hall–Kier alpha value is -1.64. The van der Waals surface area contributed by atoms with Crippen molar-refractivity contribution in [2.24, 2.45) is 0 Å². The van der Waals surface area contributed by atoms with Gasteiger partial charge in [-0.3, -0.25) is 9.69 Å². The smallest absolute Gasteiger partial charge is 0.254 e. The number of methoxy groups -OCH3 is 1. The summed E-state index contributed by atoms with van der Waals surface area (Å²) in [7, 11) is -0.324. The monoisotopic (exact) mass is 383 g/mol. The van der Waals surface area contributed by atoms with Gasteiger partial charge >= 0.3 is 0 Å². The molecule has 0 unspecified atom stereocenters. The standard InChI is InChI=1S/C18H29N3O4S/c1-12(2)19-26(23,24)17-11-15(7-8-16(17)25-6)18(22)21-10-9-20(5)13(3)14(21)4/h7-8,11-14,19H,9-10H2,1-6H3/t13-,14+/m0/s1. The number of nitrogens with one attached hydrogen (secondary N) is 1. The van der Waals surface area contributed by atoms with Crippen LogP contribution in [0.3, 0.4) is 0 Å². The molecule has 0 aliphatic carbocycles. The van der Waals surface area contributed by atoms with Crippen molar-refractivity contribution >= 4 is 15.9 Å². The molecule has 2 atom stereocenters. The van der Waals surface area contributed by atoms with Crippen molar-refractivity contribution in [1.82, 2.24) is 14.5 Å². The number of hydrogen-bond donors (Lipinski definition) is 1. The van der Waals surface area contributed by atoms with Gasteiger partial charge in [0.15, 0.2) is 0 Å². The zero-order valence-electron chi connectivity index (χ0n) is 16.3. The molecule has 0 bridgehead atoms. The largest absolute Gasteiger partial charge is 0.495 e. The van der Waals surface area contributed by atoms with Crippen LogP contribution in [0.2, 0.25) is 0 Å². The second-order valence-electron chi connectivity index (χ2n) is 7.10. The maximum atomic E-state index is 13.0. The summed E-state index contributed by atoms with van der Waals surface area (Å²) in [6.07, 6.45) is 0. The highest BCUT2D eigenvalue weighted by molar-refractivity contribution is 7.89. The zero-order chi connectivity index (χ0) is 19.6. The summed E-state index contributed by atoms with van der Waals surface area (Å²) in [4.78, 5) is 17.0. The van der Waals surface area contributed by atoms with E-state index in [2.05, 4.69) is 16.5 Å². The number of carbonyl (C=O) groups excluding carboxylic acids is 1. The lowest BCUT2D eigenvalue weighted by Gasteiger charge is -2.43. The van der Waals surface area contributed by atoms with Crippen LogP contribution in [-0.4, -0.2) is 69.5 Å². The number of piperazine rings is 1. The van der Waals surface area contributed by atoms with E-state index in [9.17, 15) is 13.2 Å². The third-order valence-corrected chi connectivity index (χ3v) is 6.61. The van der Waals surface area contributed by atoms with E-state index in [4.69, 9.17) is 4.74 Å². The van der Waals surface area contributed by atoms with Gasteiger partial charge in [-0.05, 0) is 52.9 Å². The predicted molar refractivity (Wildman–Crippen MR) is 101 cm³/mol. The topological polar surface area (TPSA) is 79.0 Å². The van der Waals surface area contributed by atoms with Gasteiger partial charge in [-0.1, -0.05) is 0 Å². The third kappa shape index (κ3) is 4.19. The highest BCUT2D eigenvalue weighted by Crippen LogP contribution is 2.27. The molecule has 1 aliphatic rings. The molecule has 1 aromatic rings. The van der Waals surface area contributed by atoms with E-state index in [0.717, 1.165) is 6.54 Å². The molecular weight excluding hydrogens is 354 g/mol. The number of benzene rings is 1. The van der Waals surface area contributed by atoms with E-state index in [1.807, 2.05) is 14.0 Å². The Kier molecular flexibility index (Phi) is 6.31. The molecule has 1 heterocycles. The molecule has 0 saturated carbocycles. The number of carbonyl (C=O) groups is 1. The summed E-state index contributed by atoms with van der Waals surface area (Å²) < 4.78 is 33.0. The molecule has 2 rings (SSSR count). The zero-order valence-corrected chi connectivity index (χ0v) is 17.1. The highest BCUT2D eigenvalue weighted by Gasteiger charge is 2.32. The van der Waals surface area contributed by atoms with Crippen LogP contribution in [0.25, 0.3) is 0 Å². The molecule has 1 N–H and O–H groups in total. The van der Waals surface area contributed by atoms with Gasteiger partial charge in [0.25, 0.3) is 5.91 Å². The lowest BCUT2D eigenvalue weighted by Crippen LogP contribution is -2.57. The minimum absolute atomic E-state index is 0.0191. The van der Waals surface area contributed by atoms with Crippen LogP contribution in [0.5, 0.6) is 5.75 Å². The molecule has 7 nitrogen and oxygen atoms in total. The first-order chi connectivity index (χ1) is 12.1. The molecular formula is C18H29N3O4S. The minimum Gasteiger partial charge on any atom is -0.495 e. The van der Waals surface area contributed by atoms with Crippen molar-refractivity contribution in [3.63, 3.8) is 0 Å². The third-order valence-electron chi connectivity index (χ3n) is 4.93. The number of hydrogen-bond acceptors (Lipinski definition) is 5. The van der Waals surface area contributed by atoms with Crippen LogP contribution in [0, 0.1) is 0 Å². The van der Waals surface area contributed by atoms with Crippen LogP contribution in [0.15, 0.2) is 23.1 Å². The van der Waals surface area contributed by atoms with Crippen molar-refractivity contribution in [3.8, 4) is 5.75 Å². The quantitative estimate of drug-likeness (QED) is 0.835. The van der Waals surface area contributed by atoms with Gasteiger partial charge in [0, 0.05) is 36.8 Å². The molecule has 1 aromatic carbocycles. The summed E-state index contributed by atoms with van der Waals surface area (Å²) in [5.74, 6) is 0.0515. The summed E-state index contributed by atoms with van der Waals surface area (Å²) in [6, 6.07) is 4.57. The molecule has 1 amide bonds. The second kappa shape index (κ2) is 7.94. The van der Waals surface area contributed by atoms with Gasteiger partial charge in [-0.25, -0.2) is 13.1 Å². The Bertz CT molecular complexity index is 764. The number of amides is 1. The van der Waals surface area contributed by atoms with Crippen LogP contribution >= 0.6 is 0 Å². The minimum atomic E-state index is -3.78. The van der Waals surface area contributed by atoms with Crippen LogP contribution in [-0.2, 0) is 10.0 Å². The highest BCUT2D eigenvalue weighted by atomic mass is 32.2. The average molecular weight is 384 g/mol. The molecule has 26 heavy (non-hydrogen) atoms. The number of likely N-dealkylation sites (N-methyl/N-ethyl adjacent to an activating group) is 1. The van der Waals surface area contributed by atoms with Crippen LogP contribution in [0.1, 0.15) is 38.1 Å². The summed E-state index contributed by atoms with van der Waals surface area (Å²) in [6.45, 7) is 8.98. The molecule has 0 spiro atoms. The van der Waals surface area contributed by atoms with Crippen molar-refractivity contribution in [1.29, 1.82) is 0 Å². The Balaban J connectivity index is 2.39. The first kappa shape index (κ1) is 20.7. The summed E-state index contributed by atoms with van der Waals surface area (Å²) >= 11 is 0. The molecule has 0 aromatic heterocycles. The molecule has 1 aliphatic heterocycles. The summed E-state index contributed by atoms with van der Waals surface area (Å²) in [5, 5.41) is 0. The Labute approximate surface area is 156 Å². The van der Waals surface area contributed by atoms with Gasteiger partial charge < -0.3 is 9.64 Å². The number of sulfonamides is 1. The lowest BCUT2D eigenvalue weighted by molar-refractivity contribution is 0.0363. The number of rotatable bonds is 5. The van der Waals surface area contributed by atoms with Gasteiger partial charge in [0.1, 0.15) is 10.6 Å². The Morgan fingerprint density at radius 3 is 2.46 bits per heavy atom. The molecule has 1 saturated heterocycles. The Morgan fingerprint density at radius 1 is 1.23 bits per heavy atom. The predicted octanol–water partition coefficient (Wildman–Crippen LogP) is 1.55. The first-order valence-electron chi connectivity index (χ1n) is 8.80. The molecule has 1 fully saturated rings. The number of nitrogens with zero attached hydrogens (tertiary/aromatic N) is 2. The van der Waals surface area contributed by atoms with Crippen molar-refractivity contribution in [2.75, 3.05) is 27.2 Å². The molecule has 146 valence electrons. The fourth-order valence-electron chi connectivity index (χ4n) is 3.15. The van der Waals surface area contributed by atoms with Gasteiger partial charge in [-0.15, -0.1) is 0 Å². The lowest BCUT2D eigenvalue weighted by atomic mass is 10.0. The van der Waals surface area contributed by atoms with Crippen molar-refractivity contribution in [2.45, 2.75) is 50.7 Å². The van der Waals surface area contributed by atoms with E-state index < -0.39 is 10.0 Å². The fourth-order valence-corrected chi connectivity index (χ4v) is 4.59. The first-order valence-corrected chi connectivity index (χ1v) is 10.3. The Morgan fingerprint density at radius 2 is 1.88 bits per heavy atom. The second-order valence-corrected chi connectivity index (χ2v) is 8.78. The molecule has 8 heteroatoms. The van der Waals surface area contributed by atoms with E-state index in [1.165, 1.54) is 19.2 Å². The van der Waals surface area contributed by atoms with Gasteiger partial charge in [0.05, 0.1) is 7.11 Å². The number of ether oxygens (including phenoxy) is 1. The van der Waals surface area contributed by atoms with Crippen LogP contribution < -0.4 is 9.46 Å². The van der Waals surface area contributed by atoms with Crippen molar-refractivity contribution in [3.05, 3.63) is 23.8 Å². The maximum Gasteiger partial charge on any atom is 0.254 e. The van der Waals surface area contributed by atoms with E-state index in [1.54, 1.807) is 24.8 Å². The average Bonchev–Trinajstić information content (AvgIpc) is 2.57. The van der Waals surface area contributed by atoms with E-state index in [0.29, 0.717) is 12.1 Å². The van der Waals surface area contributed by atoms with Crippen molar-refractivity contribution < 1.29 is 17.9 Å². The van der Waals surface area contributed by atoms with Gasteiger partial charge in [0.2, 0.25) is 10.0 Å².